The van der Waals surface area contributed by atoms with Crippen molar-refractivity contribution < 1.29 is 22.1 Å². The minimum Gasteiger partial charge on any atom is -0.484 e. The van der Waals surface area contributed by atoms with Gasteiger partial charge in [-0.15, -0.1) is 0 Å². The number of alkyl halides is 3. The Morgan fingerprint density at radius 2 is 1.96 bits per heavy atom. The molecular formula is C16H14BaF3N3O2S+2. The largest absolute Gasteiger partial charge is 2.00 e. The smallest absolute Gasteiger partial charge is 0.484 e. The van der Waals surface area contributed by atoms with Crippen molar-refractivity contribution in [1.29, 1.82) is 0 Å². The van der Waals surface area contributed by atoms with Crippen molar-refractivity contribution in [3.63, 3.8) is 0 Å². The van der Waals surface area contributed by atoms with Gasteiger partial charge in [0.1, 0.15) is 5.75 Å². The second-order valence-corrected chi connectivity index (χ2v) is 6.70. The van der Waals surface area contributed by atoms with Gasteiger partial charge in [-0.25, -0.2) is 4.98 Å². The molecule has 0 amide bonds. The van der Waals surface area contributed by atoms with E-state index in [1.807, 2.05) is 18.2 Å². The van der Waals surface area contributed by atoms with Gasteiger partial charge in [-0.2, -0.15) is 13.2 Å². The molecule has 0 saturated carbocycles. The van der Waals surface area contributed by atoms with Crippen LogP contribution in [0, 0.1) is 6.92 Å². The first-order valence-electron chi connectivity index (χ1n) is 7.30. The molecule has 26 heavy (non-hydrogen) atoms. The van der Waals surface area contributed by atoms with E-state index < -0.39 is 23.6 Å². The number of benzene rings is 1. The van der Waals surface area contributed by atoms with Gasteiger partial charge in [0, 0.05) is 11.8 Å². The molecule has 3 rings (SSSR count). The number of pyridine rings is 1. The molecule has 5 nitrogen and oxygen atoms in total. The van der Waals surface area contributed by atoms with Gasteiger partial charge in [-0.05, 0) is 25.1 Å². The molecule has 1 aromatic carbocycles. The predicted molar refractivity (Wildman–Crippen MR) is 92.5 cm³/mol. The number of aromatic nitrogens is 3. The summed E-state index contributed by atoms with van der Waals surface area (Å²) in [7, 11) is -1.51. The molecule has 2 aromatic heterocycles. The van der Waals surface area contributed by atoms with E-state index >= 15 is 0 Å². The van der Waals surface area contributed by atoms with Gasteiger partial charge in [0.2, 0.25) is 0 Å². The number of hydrogen-bond donors (Lipinski definition) is 1. The molecule has 0 aliphatic rings. The van der Waals surface area contributed by atoms with Crippen LogP contribution in [0.15, 0.2) is 41.7 Å². The fourth-order valence-electron chi connectivity index (χ4n) is 2.25. The van der Waals surface area contributed by atoms with E-state index in [0.29, 0.717) is 21.9 Å². The van der Waals surface area contributed by atoms with Gasteiger partial charge in [0.15, 0.2) is 11.8 Å². The summed E-state index contributed by atoms with van der Waals surface area (Å²) in [5.41, 5.74) is 2.28. The molecule has 132 valence electrons. The molecule has 0 saturated heterocycles. The number of imidazole rings is 1. The molecule has 2 heterocycles. The van der Waals surface area contributed by atoms with E-state index in [-0.39, 0.29) is 60.4 Å². The normalized spacial score (nSPS) is 12.6. The first-order valence-corrected chi connectivity index (χ1v) is 8.62. The van der Waals surface area contributed by atoms with E-state index in [4.69, 9.17) is 4.74 Å². The zero-order chi connectivity index (χ0) is 18.0. The number of halogens is 3. The summed E-state index contributed by atoms with van der Waals surface area (Å²) in [5.74, 6) is 0.0958. The molecule has 0 fully saturated rings. The quantitative estimate of drug-likeness (QED) is 0.540. The van der Waals surface area contributed by atoms with Gasteiger partial charge in [-0.1, -0.05) is 12.1 Å². The SMILES string of the molecule is Cc1c(OCC(F)(F)F)ccnc1CS(=O)c1nc2ccccc2[nH]1.[Ba+2]. The second kappa shape index (κ2) is 8.89. The molecule has 3 aromatic rings. The predicted octanol–water partition coefficient (Wildman–Crippen LogP) is 3.13. The van der Waals surface area contributed by atoms with Crippen LogP contribution in [0.2, 0.25) is 0 Å². The first-order chi connectivity index (χ1) is 11.8. The van der Waals surface area contributed by atoms with E-state index in [1.165, 1.54) is 12.3 Å². The Hall–Kier alpha value is -0.849. The maximum atomic E-state index is 12.5. The monoisotopic (exact) mass is 507 g/mol. The number of fused-ring (bicyclic) bond motifs is 1. The molecule has 1 unspecified atom stereocenters. The molecule has 0 radical (unpaired) electrons. The van der Waals surface area contributed by atoms with E-state index in [2.05, 4.69) is 15.0 Å². The molecule has 1 N–H and O–H groups in total. The molecule has 1 atom stereocenters. The van der Waals surface area contributed by atoms with Crippen LogP contribution in [-0.2, 0) is 16.6 Å². The fraction of sp³-hybridized carbons (Fsp3) is 0.250. The Kier molecular flexibility index (Phi) is 7.34. The third-order valence-electron chi connectivity index (χ3n) is 3.50. The van der Waals surface area contributed by atoms with E-state index in [1.54, 1.807) is 13.0 Å². The zero-order valence-corrected chi connectivity index (χ0v) is 19.1. The van der Waals surface area contributed by atoms with Crippen molar-refractivity contribution in [3.05, 3.63) is 47.8 Å². The topological polar surface area (TPSA) is 67.9 Å². The first kappa shape index (κ1) is 21.5. The third kappa shape index (κ3) is 5.33. The summed E-state index contributed by atoms with van der Waals surface area (Å²) in [4.78, 5) is 11.3. The maximum absolute atomic E-state index is 12.5. The maximum Gasteiger partial charge on any atom is 2.00 e. The minimum atomic E-state index is -4.42. The summed E-state index contributed by atoms with van der Waals surface area (Å²) in [6.45, 7) is 0.202. The Labute approximate surface area is 190 Å². The number of ether oxygens (including phenoxy) is 1. The molecule has 10 heteroatoms. The van der Waals surface area contributed by atoms with Crippen LogP contribution in [-0.4, -0.2) is 80.8 Å². The summed E-state index contributed by atoms with van der Waals surface area (Å²) in [6, 6.07) is 8.62. The van der Waals surface area contributed by atoms with Crippen LogP contribution in [0.25, 0.3) is 11.0 Å². The average molecular weight is 507 g/mol. The van der Waals surface area contributed by atoms with E-state index in [0.717, 1.165) is 5.52 Å². The Morgan fingerprint density at radius 3 is 2.65 bits per heavy atom. The van der Waals surface area contributed by atoms with Crippen molar-refractivity contribution in [2.45, 2.75) is 24.0 Å². The third-order valence-corrected chi connectivity index (χ3v) is 4.66. The summed E-state index contributed by atoms with van der Waals surface area (Å²) < 4.78 is 54.2. The standard InChI is InChI=1S/C16H14F3N3O2S.Ba/c1-10-13(20-7-6-14(10)24-9-16(17,18)19)8-25(23)15-21-11-4-2-3-5-12(11)22-15;/h2-7H,8-9H2,1H3,(H,21,22);/q;+2. The second-order valence-electron chi connectivity index (χ2n) is 5.33. The van der Waals surface area contributed by atoms with Crippen LogP contribution < -0.4 is 4.74 Å². The zero-order valence-electron chi connectivity index (χ0n) is 13.8. The van der Waals surface area contributed by atoms with Crippen LogP contribution >= 0.6 is 0 Å². The number of rotatable bonds is 5. The van der Waals surface area contributed by atoms with Gasteiger partial charge >= 0.3 is 55.1 Å². The summed E-state index contributed by atoms with van der Waals surface area (Å²) in [6.07, 6.45) is -3.09. The molecular weight excluding hydrogens is 493 g/mol. The molecule has 0 aliphatic carbocycles. The molecule has 0 aliphatic heterocycles. The van der Waals surface area contributed by atoms with Crippen LogP contribution in [0.5, 0.6) is 5.75 Å². The summed E-state index contributed by atoms with van der Waals surface area (Å²) in [5, 5.41) is 0.295. The summed E-state index contributed by atoms with van der Waals surface area (Å²) >= 11 is 0. The molecule has 0 bridgehead atoms. The molecule has 0 spiro atoms. The fourth-order valence-corrected chi connectivity index (χ4v) is 3.35. The Bertz CT molecular complexity index is 897. The van der Waals surface area contributed by atoms with Gasteiger partial charge < -0.3 is 9.72 Å². The number of aromatic amines is 1. The Morgan fingerprint density at radius 1 is 1.23 bits per heavy atom. The average Bonchev–Trinajstić information content (AvgIpc) is 2.99. The van der Waals surface area contributed by atoms with Crippen LogP contribution in [0.3, 0.4) is 0 Å². The number of H-pyrrole nitrogens is 1. The minimum absolute atomic E-state index is 0. The number of nitrogens with zero attached hydrogens (tertiary/aromatic N) is 2. The van der Waals surface area contributed by atoms with Crippen molar-refractivity contribution in [2.75, 3.05) is 6.61 Å². The van der Waals surface area contributed by atoms with Crippen molar-refractivity contribution >= 4 is 70.7 Å². The van der Waals surface area contributed by atoms with Gasteiger partial charge in [0.25, 0.3) is 0 Å². The van der Waals surface area contributed by atoms with Gasteiger partial charge in [0.05, 0.1) is 33.3 Å². The number of para-hydroxylation sites is 2. The van der Waals surface area contributed by atoms with Crippen molar-refractivity contribution in [1.82, 2.24) is 15.0 Å². The number of hydrogen-bond acceptors (Lipinski definition) is 4. The van der Waals surface area contributed by atoms with Crippen LogP contribution in [0.4, 0.5) is 13.2 Å². The Balaban J connectivity index is 0.00000243. The number of nitrogens with one attached hydrogen (secondary N) is 1. The van der Waals surface area contributed by atoms with Crippen LogP contribution in [0.1, 0.15) is 11.3 Å². The van der Waals surface area contributed by atoms with E-state index in [9.17, 15) is 17.4 Å². The van der Waals surface area contributed by atoms with Crippen molar-refractivity contribution in [3.8, 4) is 5.75 Å². The van der Waals surface area contributed by atoms with Gasteiger partial charge in [-0.3, -0.25) is 9.19 Å². The van der Waals surface area contributed by atoms with Crippen molar-refractivity contribution in [2.24, 2.45) is 0 Å².